The molecule has 1 aliphatic carbocycles. The maximum atomic E-state index is 12.2. The lowest BCUT2D eigenvalue weighted by atomic mass is 9.89. The largest absolute Gasteiger partial charge is 0.364 e. The van der Waals surface area contributed by atoms with Gasteiger partial charge in [-0.3, -0.25) is 10.1 Å². The summed E-state index contributed by atoms with van der Waals surface area (Å²) in [7, 11) is 0. The van der Waals surface area contributed by atoms with Crippen LogP contribution in [-0.2, 0) is 22.4 Å². The number of carbonyl (C=O) groups is 1. The standard InChI is InChI=1S/C15H23N3O2S/c1-2-9-3-5-11-13(7-9)21-15(17-11)18-14(19)12-6-4-10(8-16)20-12/h9-10,12H,2-8,16H2,1H3,(H,17,18,19)/t9?,10-,12+/m1/s1. The van der Waals surface area contributed by atoms with E-state index in [0.29, 0.717) is 6.54 Å². The van der Waals surface area contributed by atoms with E-state index >= 15 is 0 Å². The zero-order valence-corrected chi connectivity index (χ0v) is 13.2. The van der Waals surface area contributed by atoms with Crippen LogP contribution in [0.3, 0.4) is 0 Å². The first kappa shape index (κ1) is 14.9. The fourth-order valence-electron chi connectivity index (χ4n) is 3.10. The van der Waals surface area contributed by atoms with Gasteiger partial charge in [0.15, 0.2) is 5.13 Å². The molecule has 21 heavy (non-hydrogen) atoms. The maximum Gasteiger partial charge on any atom is 0.255 e. The van der Waals surface area contributed by atoms with E-state index in [9.17, 15) is 4.79 Å². The highest BCUT2D eigenvalue weighted by Crippen LogP contribution is 2.33. The van der Waals surface area contributed by atoms with E-state index in [1.807, 2.05) is 0 Å². The van der Waals surface area contributed by atoms with E-state index in [2.05, 4.69) is 17.2 Å². The van der Waals surface area contributed by atoms with Crippen molar-refractivity contribution in [2.24, 2.45) is 11.7 Å². The fraction of sp³-hybridized carbons (Fsp3) is 0.733. The topological polar surface area (TPSA) is 77.2 Å². The van der Waals surface area contributed by atoms with Crippen LogP contribution in [0.15, 0.2) is 0 Å². The smallest absolute Gasteiger partial charge is 0.255 e. The van der Waals surface area contributed by atoms with Crippen molar-refractivity contribution in [1.82, 2.24) is 4.98 Å². The van der Waals surface area contributed by atoms with E-state index in [4.69, 9.17) is 10.5 Å². The number of nitrogens with zero attached hydrogens (tertiary/aromatic N) is 1. The molecule has 0 saturated carbocycles. The number of hydrogen-bond acceptors (Lipinski definition) is 5. The fourth-order valence-corrected chi connectivity index (χ4v) is 4.23. The average molecular weight is 309 g/mol. The summed E-state index contributed by atoms with van der Waals surface area (Å²) < 4.78 is 5.62. The quantitative estimate of drug-likeness (QED) is 0.893. The van der Waals surface area contributed by atoms with Gasteiger partial charge in [0.2, 0.25) is 0 Å². The molecule has 2 aliphatic rings. The first-order valence-corrected chi connectivity index (χ1v) is 8.66. The van der Waals surface area contributed by atoms with Gasteiger partial charge in [0.25, 0.3) is 5.91 Å². The Bertz CT molecular complexity index is 517. The van der Waals surface area contributed by atoms with Gasteiger partial charge < -0.3 is 10.5 Å². The second-order valence-electron chi connectivity index (χ2n) is 5.95. The highest BCUT2D eigenvalue weighted by atomic mass is 32.1. The molecule has 2 heterocycles. The Morgan fingerprint density at radius 2 is 2.33 bits per heavy atom. The van der Waals surface area contributed by atoms with Crippen LogP contribution in [0, 0.1) is 5.92 Å². The molecule has 3 rings (SSSR count). The summed E-state index contributed by atoms with van der Waals surface area (Å²) in [4.78, 5) is 18.1. The monoisotopic (exact) mass is 309 g/mol. The number of anilines is 1. The number of hydrogen-bond donors (Lipinski definition) is 2. The first-order valence-electron chi connectivity index (χ1n) is 7.84. The van der Waals surface area contributed by atoms with Gasteiger partial charge in [-0.25, -0.2) is 4.98 Å². The lowest BCUT2D eigenvalue weighted by Crippen LogP contribution is -2.29. The molecule has 1 amide bonds. The number of nitrogens with one attached hydrogen (secondary N) is 1. The normalized spacial score (nSPS) is 28.4. The molecule has 3 atom stereocenters. The maximum absolute atomic E-state index is 12.2. The minimum Gasteiger partial charge on any atom is -0.364 e. The van der Waals surface area contributed by atoms with Gasteiger partial charge >= 0.3 is 0 Å². The number of fused-ring (bicyclic) bond motifs is 1. The second-order valence-corrected chi connectivity index (χ2v) is 7.04. The van der Waals surface area contributed by atoms with Crippen molar-refractivity contribution < 1.29 is 9.53 Å². The van der Waals surface area contributed by atoms with Gasteiger partial charge in [-0.1, -0.05) is 13.3 Å². The van der Waals surface area contributed by atoms with Gasteiger partial charge in [0.1, 0.15) is 6.10 Å². The molecule has 1 aliphatic heterocycles. The van der Waals surface area contributed by atoms with Crippen molar-refractivity contribution >= 4 is 22.4 Å². The Morgan fingerprint density at radius 1 is 1.48 bits per heavy atom. The van der Waals surface area contributed by atoms with Crippen molar-refractivity contribution in [3.8, 4) is 0 Å². The predicted octanol–water partition coefficient (Wildman–Crippen LogP) is 2.10. The van der Waals surface area contributed by atoms with Crippen LogP contribution in [0.25, 0.3) is 0 Å². The van der Waals surface area contributed by atoms with Crippen LogP contribution >= 0.6 is 11.3 Å². The second kappa shape index (κ2) is 6.42. The van der Waals surface area contributed by atoms with Crippen LogP contribution in [0.1, 0.15) is 43.2 Å². The molecular weight excluding hydrogens is 286 g/mol. The van der Waals surface area contributed by atoms with Crippen molar-refractivity contribution in [3.05, 3.63) is 10.6 Å². The third-order valence-electron chi connectivity index (χ3n) is 4.51. The lowest BCUT2D eigenvalue weighted by Gasteiger charge is -2.18. The first-order chi connectivity index (χ1) is 10.2. The molecule has 1 aromatic heterocycles. The van der Waals surface area contributed by atoms with Crippen LogP contribution in [0.2, 0.25) is 0 Å². The third-order valence-corrected chi connectivity index (χ3v) is 5.55. The van der Waals surface area contributed by atoms with E-state index in [0.717, 1.165) is 36.7 Å². The van der Waals surface area contributed by atoms with Gasteiger partial charge in [0, 0.05) is 11.4 Å². The third kappa shape index (κ3) is 3.27. The summed E-state index contributed by atoms with van der Waals surface area (Å²) in [6.45, 7) is 2.72. The number of aromatic nitrogens is 1. The van der Waals surface area contributed by atoms with Crippen LogP contribution in [-0.4, -0.2) is 29.6 Å². The molecule has 1 aromatic rings. The van der Waals surface area contributed by atoms with Gasteiger partial charge in [0.05, 0.1) is 11.8 Å². The van der Waals surface area contributed by atoms with Crippen molar-refractivity contribution in [2.45, 2.75) is 57.7 Å². The highest BCUT2D eigenvalue weighted by molar-refractivity contribution is 7.15. The lowest BCUT2D eigenvalue weighted by molar-refractivity contribution is -0.126. The summed E-state index contributed by atoms with van der Waals surface area (Å²) in [5.41, 5.74) is 6.75. The average Bonchev–Trinajstić information content (AvgIpc) is 3.12. The molecule has 3 N–H and O–H groups in total. The molecule has 5 nitrogen and oxygen atoms in total. The molecule has 0 radical (unpaired) electrons. The Morgan fingerprint density at radius 3 is 3.05 bits per heavy atom. The number of ether oxygens (including phenoxy) is 1. The SMILES string of the molecule is CCC1CCc2nc(NC(=O)[C@@H]3CC[C@H](CN)O3)sc2C1. The van der Waals surface area contributed by atoms with Crippen molar-refractivity contribution in [2.75, 3.05) is 11.9 Å². The summed E-state index contributed by atoms with van der Waals surface area (Å²) in [6.07, 6.45) is 5.83. The predicted molar refractivity (Wildman–Crippen MR) is 83.5 cm³/mol. The van der Waals surface area contributed by atoms with Gasteiger partial charge in [-0.2, -0.15) is 0 Å². The van der Waals surface area contributed by atoms with Crippen LogP contribution in [0.4, 0.5) is 5.13 Å². The molecule has 0 aromatic carbocycles. The molecule has 6 heteroatoms. The molecule has 116 valence electrons. The van der Waals surface area contributed by atoms with Crippen molar-refractivity contribution in [1.29, 1.82) is 0 Å². The van der Waals surface area contributed by atoms with Gasteiger partial charge in [-0.05, 0) is 38.0 Å². The van der Waals surface area contributed by atoms with Crippen LogP contribution < -0.4 is 11.1 Å². The van der Waals surface area contributed by atoms with Crippen LogP contribution in [0.5, 0.6) is 0 Å². The van der Waals surface area contributed by atoms with Crippen molar-refractivity contribution in [3.63, 3.8) is 0 Å². The summed E-state index contributed by atoms with van der Waals surface area (Å²) in [6, 6.07) is 0. The van der Waals surface area contributed by atoms with Gasteiger partial charge in [-0.15, -0.1) is 11.3 Å². The number of aryl methyl sites for hydroxylation is 1. The Labute approximate surface area is 129 Å². The number of carbonyl (C=O) groups excluding carboxylic acids is 1. The van der Waals surface area contributed by atoms with E-state index in [1.165, 1.54) is 23.4 Å². The number of amides is 1. The number of rotatable bonds is 4. The zero-order valence-electron chi connectivity index (χ0n) is 12.4. The Kier molecular flexibility index (Phi) is 4.57. The summed E-state index contributed by atoms with van der Waals surface area (Å²) in [5, 5.41) is 3.64. The minimum atomic E-state index is -0.372. The highest BCUT2D eigenvalue weighted by Gasteiger charge is 2.31. The van der Waals surface area contributed by atoms with E-state index < -0.39 is 0 Å². The summed E-state index contributed by atoms with van der Waals surface area (Å²) in [5.74, 6) is 0.689. The van der Waals surface area contributed by atoms with E-state index in [-0.39, 0.29) is 18.1 Å². The molecule has 1 fully saturated rings. The summed E-state index contributed by atoms with van der Waals surface area (Å²) >= 11 is 1.62. The number of thiazole rings is 1. The molecule has 1 unspecified atom stereocenters. The number of nitrogens with two attached hydrogens (primary N) is 1. The minimum absolute atomic E-state index is 0.0237. The molecule has 0 bridgehead atoms. The Hall–Kier alpha value is -0.980. The zero-order chi connectivity index (χ0) is 14.8. The van der Waals surface area contributed by atoms with E-state index in [1.54, 1.807) is 11.3 Å². The molecule has 0 spiro atoms. The molecular formula is C15H23N3O2S. The Balaban J connectivity index is 1.61. The molecule has 1 saturated heterocycles.